The van der Waals surface area contributed by atoms with Gasteiger partial charge in [0.05, 0.1) is 12.2 Å². The van der Waals surface area contributed by atoms with Crippen molar-refractivity contribution in [3.63, 3.8) is 0 Å². The molecule has 4 nitrogen and oxygen atoms in total. The first-order valence-corrected chi connectivity index (χ1v) is 6.17. The van der Waals surface area contributed by atoms with Crippen molar-refractivity contribution in [2.45, 2.75) is 52.4 Å². The molecular weight excluding hydrogens is 204 g/mol. The average Bonchev–Trinajstić information content (AvgIpc) is 2.23. The van der Waals surface area contributed by atoms with Crippen LogP contribution in [0.1, 0.15) is 34.6 Å². The fraction of sp³-hybridized carbons (Fsp3) is 1.00. The van der Waals surface area contributed by atoms with E-state index in [2.05, 4.69) is 24.1 Å². The van der Waals surface area contributed by atoms with Crippen molar-refractivity contribution in [2.75, 3.05) is 26.2 Å². The molecule has 2 atom stereocenters. The standard InChI is InChI=1S/C12H28N2O2/c1-6-14(7-2)9-11(16)8-13-12(4,5)10(3)15/h10-11,13,15-16H,6-9H2,1-5H3. The molecule has 0 aliphatic heterocycles. The van der Waals surface area contributed by atoms with Crippen molar-refractivity contribution in [2.24, 2.45) is 0 Å². The first-order chi connectivity index (χ1) is 7.33. The SMILES string of the molecule is CCN(CC)CC(O)CNC(C)(C)C(C)O. The number of nitrogens with one attached hydrogen (secondary N) is 1. The molecule has 0 aliphatic rings. The molecule has 4 heteroatoms. The minimum atomic E-state index is -0.437. The Balaban J connectivity index is 3.93. The van der Waals surface area contributed by atoms with E-state index in [-0.39, 0.29) is 5.54 Å². The largest absolute Gasteiger partial charge is 0.392 e. The summed E-state index contributed by atoms with van der Waals surface area (Å²) in [6.45, 7) is 12.9. The van der Waals surface area contributed by atoms with Gasteiger partial charge in [-0.15, -0.1) is 0 Å². The van der Waals surface area contributed by atoms with Gasteiger partial charge in [-0.25, -0.2) is 0 Å². The normalized spacial score (nSPS) is 16.5. The van der Waals surface area contributed by atoms with Crippen molar-refractivity contribution in [1.82, 2.24) is 10.2 Å². The molecule has 0 amide bonds. The lowest BCUT2D eigenvalue weighted by Gasteiger charge is -2.31. The predicted octanol–water partition coefficient (Wildman–Crippen LogP) is 0.438. The van der Waals surface area contributed by atoms with E-state index in [0.717, 1.165) is 13.1 Å². The zero-order valence-electron chi connectivity index (χ0n) is 11.3. The third kappa shape index (κ3) is 5.80. The fourth-order valence-electron chi connectivity index (χ4n) is 1.37. The Hall–Kier alpha value is -0.160. The Bertz CT molecular complexity index is 180. The van der Waals surface area contributed by atoms with Gasteiger partial charge in [-0.2, -0.15) is 0 Å². The molecule has 0 aliphatic carbocycles. The van der Waals surface area contributed by atoms with Gasteiger partial charge in [0.25, 0.3) is 0 Å². The molecule has 0 saturated carbocycles. The number of nitrogens with zero attached hydrogens (tertiary/aromatic N) is 1. The molecule has 2 unspecified atom stereocenters. The highest BCUT2D eigenvalue weighted by Crippen LogP contribution is 2.08. The number of hydrogen-bond acceptors (Lipinski definition) is 4. The van der Waals surface area contributed by atoms with Crippen LogP contribution in [0.3, 0.4) is 0 Å². The molecule has 98 valence electrons. The Morgan fingerprint density at radius 2 is 1.69 bits per heavy atom. The minimum Gasteiger partial charge on any atom is -0.392 e. The summed E-state index contributed by atoms with van der Waals surface area (Å²) in [4.78, 5) is 2.18. The van der Waals surface area contributed by atoms with Crippen LogP contribution in [0.2, 0.25) is 0 Å². The number of likely N-dealkylation sites (N-methyl/N-ethyl adjacent to an activating group) is 1. The number of aliphatic hydroxyl groups excluding tert-OH is 2. The number of aliphatic hydroxyl groups is 2. The summed E-state index contributed by atoms with van der Waals surface area (Å²) >= 11 is 0. The van der Waals surface area contributed by atoms with Gasteiger partial charge in [0.2, 0.25) is 0 Å². The molecule has 0 aromatic heterocycles. The van der Waals surface area contributed by atoms with E-state index < -0.39 is 12.2 Å². The summed E-state index contributed by atoms with van der Waals surface area (Å²) in [6, 6.07) is 0. The van der Waals surface area contributed by atoms with Crippen molar-refractivity contribution in [1.29, 1.82) is 0 Å². The zero-order valence-corrected chi connectivity index (χ0v) is 11.3. The van der Waals surface area contributed by atoms with E-state index in [0.29, 0.717) is 13.1 Å². The van der Waals surface area contributed by atoms with Gasteiger partial charge in [0.1, 0.15) is 0 Å². The lowest BCUT2D eigenvalue weighted by molar-refractivity contribution is 0.0693. The second-order valence-electron chi connectivity index (χ2n) is 4.92. The summed E-state index contributed by atoms with van der Waals surface area (Å²) < 4.78 is 0. The zero-order chi connectivity index (χ0) is 12.8. The van der Waals surface area contributed by atoms with Crippen molar-refractivity contribution < 1.29 is 10.2 Å². The highest BCUT2D eigenvalue weighted by molar-refractivity contribution is 4.84. The first-order valence-electron chi connectivity index (χ1n) is 6.17. The van der Waals surface area contributed by atoms with Gasteiger partial charge < -0.3 is 20.4 Å². The lowest BCUT2D eigenvalue weighted by Crippen LogP contribution is -2.52. The van der Waals surface area contributed by atoms with Crippen LogP contribution in [-0.2, 0) is 0 Å². The van der Waals surface area contributed by atoms with Crippen LogP contribution < -0.4 is 5.32 Å². The van der Waals surface area contributed by atoms with Crippen LogP contribution in [-0.4, -0.2) is 59.0 Å². The lowest BCUT2D eigenvalue weighted by atomic mass is 9.98. The van der Waals surface area contributed by atoms with Gasteiger partial charge in [-0.05, 0) is 33.9 Å². The summed E-state index contributed by atoms with van der Waals surface area (Å²) in [6.07, 6.45) is -0.828. The summed E-state index contributed by atoms with van der Waals surface area (Å²) in [7, 11) is 0. The van der Waals surface area contributed by atoms with Crippen LogP contribution in [0.25, 0.3) is 0 Å². The van der Waals surface area contributed by atoms with Crippen molar-refractivity contribution in [3.8, 4) is 0 Å². The minimum absolute atomic E-state index is 0.357. The fourth-order valence-corrected chi connectivity index (χ4v) is 1.37. The Morgan fingerprint density at radius 3 is 2.06 bits per heavy atom. The topological polar surface area (TPSA) is 55.7 Å². The van der Waals surface area contributed by atoms with Crippen molar-refractivity contribution >= 4 is 0 Å². The first kappa shape index (κ1) is 15.8. The van der Waals surface area contributed by atoms with E-state index in [1.165, 1.54) is 0 Å². The van der Waals surface area contributed by atoms with Gasteiger partial charge >= 0.3 is 0 Å². The molecule has 0 spiro atoms. The second kappa shape index (κ2) is 7.22. The third-order valence-corrected chi connectivity index (χ3v) is 3.20. The smallest absolute Gasteiger partial charge is 0.0791 e. The molecule has 0 fully saturated rings. The predicted molar refractivity (Wildman–Crippen MR) is 67.6 cm³/mol. The van der Waals surface area contributed by atoms with Gasteiger partial charge in [-0.3, -0.25) is 0 Å². The highest BCUT2D eigenvalue weighted by Gasteiger charge is 2.24. The van der Waals surface area contributed by atoms with Gasteiger partial charge in [-0.1, -0.05) is 13.8 Å². The summed E-state index contributed by atoms with van der Waals surface area (Å²) in [5.74, 6) is 0. The van der Waals surface area contributed by atoms with E-state index >= 15 is 0 Å². The maximum Gasteiger partial charge on any atom is 0.0791 e. The highest BCUT2D eigenvalue weighted by atomic mass is 16.3. The molecule has 0 heterocycles. The van der Waals surface area contributed by atoms with Crippen LogP contribution in [0.15, 0.2) is 0 Å². The number of rotatable bonds is 8. The Kier molecular flexibility index (Phi) is 7.15. The van der Waals surface area contributed by atoms with Crippen LogP contribution in [0.5, 0.6) is 0 Å². The van der Waals surface area contributed by atoms with E-state index in [1.54, 1.807) is 6.92 Å². The van der Waals surface area contributed by atoms with E-state index in [4.69, 9.17) is 0 Å². The molecule has 0 rings (SSSR count). The molecular formula is C12H28N2O2. The van der Waals surface area contributed by atoms with E-state index in [1.807, 2.05) is 13.8 Å². The number of β-amino-alcohol motifs (C(OH)–C–C–N with tert-alkyl or cyclic N) is 1. The molecule has 0 aromatic rings. The molecule has 0 radical (unpaired) electrons. The summed E-state index contributed by atoms with van der Waals surface area (Å²) in [5.41, 5.74) is -0.357. The molecule has 16 heavy (non-hydrogen) atoms. The molecule has 0 bridgehead atoms. The maximum absolute atomic E-state index is 9.84. The molecule has 3 N–H and O–H groups in total. The average molecular weight is 232 g/mol. The number of hydrogen-bond donors (Lipinski definition) is 3. The third-order valence-electron chi connectivity index (χ3n) is 3.20. The Labute approximate surface area is 99.7 Å². The van der Waals surface area contributed by atoms with Crippen LogP contribution in [0.4, 0.5) is 0 Å². The van der Waals surface area contributed by atoms with Crippen molar-refractivity contribution in [3.05, 3.63) is 0 Å². The maximum atomic E-state index is 9.84. The van der Waals surface area contributed by atoms with Gasteiger partial charge in [0.15, 0.2) is 0 Å². The van der Waals surface area contributed by atoms with Gasteiger partial charge in [0, 0.05) is 18.6 Å². The molecule has 0 saturated heterocycles. The van der Waals surface area contributed by atoms with E-state index in [9.17, 15) is 10.2 Å². The van der Waals surface area contributed by atoms with Crippen LogP contribution in [0, 0.1) is 0 Å². The van der Waals surface area contributed by atoms with Crippen LogP contribution >= 0.6 is 0 Å². The molecule has 0 aromatic carbocycles. The summed E-state index contributed by atoms with van der Waals surface area (Å²) in [5, 5.41) is 22.5. The quantitative estimate of drug-likeness (QED) is 0.568. The monoisotopic (exact) mass is 232 g/mol. The second-order valence-corrected chi connectivity index (χ2v) is 4.92. The Morgan fingerprint density at radius 1 is 1.19 bits per heavy atom.